The van der Waals surface area contributed by atoms with Gasteiger partial charge in [0, 0.05) is 11.1 Å². The summed E-state index contributed by atoms with van der Waals surface area (Å²) in [5, 5.41) is 6.40. The van der Waals surface area contributed by atoms with Gasteiger partial charge in [0.15, 0.2) is 0 Å². The van der Waals surface area contributed by atoms with E-state index in [0.717, 1.165) is 5.56 Å². The van der Waals surface area contributed by atoms with Crippen LogP contribution < -0.4 is 5.73 Å². The number of hydrogen-bond donors (Lipinski definition) is 2. The maximum Gasteiger partial charge on any atom is 0.131 e. The topological polar surface area (TPSA) is 54.7 Å². The lowest BCUT2D eigenvalue weighted by Crippen LogP contribution is -1.93. The summed E-state index contributed by atoms with van der Waals surface area (Å²) in [6, 6.07) is 5.08. The molecule has 3 nitrogen and oxygen atoms in total. The van der Waals surface area contributed by atoms with Gasteiger partial charge in [-0.2, -0.15) is 5.10 Å². The van der Waals surface area contributed by atoms with E-state index in [2.05, 4.69) is 24.0 Å². The summed E-state index contributed by atoms with van der Waals surface area (Å²) in [5.41, 5.74) is 7.87. The van der Waals surface area contributed by atoms with Gasteiger partial charge < -0.3 is 5.73 Å². The number of aromatic nitrogens is 2. The molecule has 0 atom stereocenters. The number of anilines is 1. The average molecular weight is 219 g/mol. The molecule has 2 aromatic rings. The van der Waals surface area contributed by atoms with Gasteiger partial charge in [0.2, 0.25) is 0 Å². The number of nitrogen functional groups attached to an aromatic ring is 1. The molecule has 0 aliphatic heterocycles. The van der Waals surface area contributed by atoms with E-state index in [4.69, 9.17) is 5.73 Å². The maximum atomic E-state index is 13.7. The number of benzene rings is 1. The zero-order chi connectivity index (χ0) is 11.7. The van der Waals surface area contributed by atoms with Crippen molar-refractivity contribution in [2.45, 2.75) is 19.8 Å². The lowest BCUT2D eigenvalue weighted by molar-refractivity contribution is 0.630. The first kappa shape index (κ1) is 10.7. The van der Waals surface area contributed by atoms with Crippen LogP contribution >= 0.6 is 0 Å². The van der Waals surface area contributed by atoms with Crippen molar-refractivity contribution in [1.82, 2.24) is 10.2 Å². The smallest absolute Gasteiger partial charge is 0.131 e. The largest absolute Gasteiger partial charge is 0.384 e. The third kappa shape index (κ3) is 1.78. The molecule has 4 heteroatoms. The van der Waals surface area contributed by atoms with E-state index >= 15 is 0 Å². The Morgan fingerprint density at radius 1 is 1.31 bits per heavy atom. The molecule has 3 N–H and O–H groups in total. The molecule has 84 valence electrons. The van der Waals surface area contributed by atoms with Gasteiger partial charge in [-0.25, -0.2) is 4.39 Å². The van der Waals surface area contributed by atoms with Crippen molar-refractivity contribution >= 4 is 5.82 Å². The van der Waals surface area contributed by atoms with E-state index in [1.54, 1.807) is 6.07 Å². The molecule has 1 aromatic heterocycles. The number of nitrogens with zero attached hydrogens (tertiary/aromatic N) is 1. The molecule has 0 spiro atoms. The zero-order valence-electron chi connectivity index (χ0n) is 9.29. The molecule has 0 saturated carbocycles. The van der Waals surface area contributed by atoms with Gasteiger partial charge in [-0.05, 0) is 23.6 Å². The van der Waals surface area contributed by atoms with Gasteiger partial charge in [-0.15, -0.1) is 0 Å². The highest BCUT2D eigenvalue weighted by molar-refractivity contribution is 5.74. The van der Waals surface area contributed by atoms with Gasteiger partial charge >= 0.3 is 0 Å². The van der Waals surface area contributed by atoms with Crippen LogP contribution in [0.15, 0.2) is 24.4 Å². The van der Waals surface area contributed by atoms with Crippen molar-refractivity contribution in [2.24, 2.45) is 0 Å². The Morgan fingerprint density at radius 2 is 2.06 bits per heavy atom. The fraction of sp³-hybridized carbons (Fsp3) is 0.250. The molecule has 0 radical (unpaired) electrons. The maximum absolute atomic E-state index is 13.7. The van der Waals surface area contributed by atoms with Crippen molar-refractivity contribution in [1.29, 1.82) is 0 Å². The van der Waals surface area contributed by atoms with Crippen LogP contribution in [0.25, 0.3) is 11.1 Å². The second-order valence-electron chi connectivity index (χ2n) is 4.09. The third-order valence-electron chi connectivity index (χ3n) is 2.62. The van der Waals surface area contributed by atoms with Gasteiger partial charge in [0.05, 0.1) is 6.20 Å². The number of nitrogens with two attached hydrogens (primary N) is 1. The minimum Gasteiger partial charge on any atom is -0.384 e. The Bertz CT molecular complexity index is 503. The second-order valence-corrected chi connectivity index (χ2v) is 4.09. The molecule has 1 aromatic carbocycles. The standard InChI is InChI=1S/C12H14FN3/c1-7(2)8-3-4-11(13)9(5-8)10-6-15-16-12(10)14/h3-7H,1-2H3,(H3,14,15,16). The van der Waals surface area contributed by atoms with Crippen molar-refractivity contribution < 1.29 is 4.39 Å². The summed E-state index contributed by atoms with van der Waals surface area (Å²) in [6.07, 6.45) is 1.54. The van der Waals surface area contributed by atoms with E-state index < -0.39 is 0 Å². The van der Waals surface area contributed by atoms with Crippen molar-refractivity contribution in [3.05, 3.63) is 35.8 Å². The van der Waals surface area contributed by atoms with E-state index in [1.807, 2.05) is 6.07 Å². The summed E-state index contributed by atoms with van der Waals surface area (Å²) in [4.78, 5) is 0. The molecule has 2 rings (SSSR count). The van der Waals surface area contributed by atoms with Crippen LogP contribution in [0.3, 0.4) is 0 Å². The summed E-state index contributed by atoms with van der Waals surface area (Å²) in [7, 11) is 0. The summed E-state index contributed by atoms with van der Waals surface area (Å²) in [5.74, 6) is 0.463. The molecule has 0 saturated heterocycles. The predicted octanol–water partition coefficient (Wildman–Crippen LogP) is 2.92. The van der Waals surface area contributed by atoms with Crippen LogP contribution in [0.5, 0.6) is 0 Å². The Balaban J connectivity index is 2.56. The Kier molecular flexibility index (Phi) is 2.64. The molecule has 0 fully saturated rings. The fourth-order valence-corrected chi connectivity index (χ4v) is 1.62. The normalized spacial score (nSPS) is 11.0. The van der Waals surface area contributed by atoms with Crippen LogP contribution in [-0.4, -0.2) is 10.2 Å². The first-order chi connectivity index (χ1) is 7.59. The molecular weight excluding hydrogens is 205 g/mol. The van der Waals surface area contributed by atoms with Crippen LogP contribution in [-0.2, 0) is 0 Å². The number of rotatable bonds is 2. The fourth-order valence-electron chi connectivity index (χ4n) is 1.62. The van der Waals surface area contributed by atoms with Gasteiger partial charge in [-0.3, -0.25) is 5.10 Å². The molecule has 0 unspecified atom stereocenters. The van der Waals surface area contributed by atoms with Crippen LogP contribution in [0.4, 0.5) is 10.2 Å². The minimum absolute atomic E-state index is 0.280. The Morgan fingerprint density at radius 3 is 2.62 bits per heavy atom. The Labute approximate surface area is 93.5 Å². The van der Waals surface area contributed by atoms with Crippen molar-refractivity contribution in [2.75, 3.05) is 5.73 Å². The number of hydrogen-bond acceptors (Lipinski definition) is 2. The molecule has 0 aliphatic carbocycles. The first-order valence-electron chi connectivity index (χ1n) is 5.18. The second kappa shape index (κ2) is 3.96. The van der Waals surface area contributed by atoms with Crippen LogP contribution in [0, 0.1) is 5.82 Å². The number of nitrogens with one attached hydrogen (secondary N) is 1. The van der Waals surface area contributed by atoms with E-state index in [9.17, 15) is 4.39 Å². The van der Waals surface area contributed by atoms with E-state index in [1.165, 1.54) is 12.3 Å². The lowest BCUT2D eigenvalue weighted by atomic mass is 9.98. The van der Waals surface area contributed by atoms with E-state index in [0.29, 0.717) is 22.9 Å². The van der Waals surface area contributed by atoms with Gasteiger partial charge in [-0.1, -0.05) is 19.9 Å². The Hall–Kier alpha value is -1.84. The van der Waals surface area contributed by atoms with Crippen molar-refractivity contribution in [3.63, 3.8) is 0 Å². The lowest BCUT2D eigenvalue weighted by Gasteiger charge is -2.08. The predicted molar refractivity (Wildman–Crippen MR) is 62.5 cm³/mol. The number of H-pyrrole nitrogens is 1. The molecule has 0 amide bonds. The van der Waals surface area contributed by atoms with Crippen LogP contribution in [0.1, 0.15) is 25.3 Å². The SMILES string of the molecule is CC(C)c1ccc(F)c(-c2cn[nH]c2N)c1. The van der Waals surface area contributed by atoms with E-state index in [-0.39, 0.29) is 5.82 Å². The quantitative estimate of drug-likeness (QED) is 0.815. The van der Waals surface area contributed by atoms with Gasteiger partial charge in [0.1, 0.15) is 11.6 Å². The minimum atomic E-state index is -0.280. The highest BCUT2D eigenvalue weighted by atomic mass is 19.1. The summed E-state index contributed by atoms with van der Waals surface area (Å²) >= 11 is 0. The third-order valence-corrected chi connectivity index (χ3v) is 2.62. The molecular formula is C12H14FN3. The highest BCUT2D eigenvalue weighted by Crippen LogP contribution is 2.29. The number of halogens is 1. The summed E-state index contributed by atoms with van der Waals surface area (Å²) in [6.45, 7) is 4.13. The van der Waals surface area contributed by atoms with Gasteiger partial charge in [0.25, 0.3) is 0 Å². The molecule has 16 heavy (non-hydrogen) atoms. The molecule has 0 bridgehead atoms. The summed E-state index contributed by atoms with van der Waals surface area (Å²) < 4.78 is 13.7. The monoisotopic (exact) mass is 219 g/mol. The average Bonchev–Trinajstić information content (AvgIpc) is 2.65. The zero-order valence-corrected chi connectivity index (χ0v) is 9.29. The molecule has 0 aliphatic rings. The highest BCUT2D eigenvalue weighted by Gasteiger charge is 2.11. The van der Waals surface area contributed by atoms with Crippen molar-refractivity contribution in [3.8, 4) is 11.1 Å². The number of aromatic amines is 1. The first-order valence-corrected chi connectivity index (χ1v) is 5.18. The molecule has 1 heterocycles. The van der Waals surface area contributed by atoms with Crippen LogP contribution in [0.2, 0.25) is 0 Å².